The number of nitrogens with two attached hydrogens (primary N) is 1. The number of halogens is 2. The van der Waals surface area contributed by atoms with Crippen LogP contribution in [0.15, 0.2) is 46.1 Å². The van der Waals surface area contributed by atoms with Gasteiger partial charge in [-0.2, -0.15) is 0 Å². The van der Waals surface area contributed by atoms with Gasteiger partial charge in [-0.3, -0.25) is 29.8 Å². The Morgan fingerprint density at radius 1 is 1.32 bits per heavy atom. The maximum Gasteiger partial charge on any atom is 0.433 e. The molecule has 1 aromatic heterocycles. The summed E-state index contributed by atoms with van der Waals surface area (Å²) in [6, 6.07) is 4.31. The third kappa shape index (κ3) is 5.70. The van der Waals surface area contributed by atoms with E-state index in [0.717, 1.165) is 28.1 Å². The molecule has 1 aromatic carbocycles. The molecule has 14 nitrogen and oxygen atoms in total. The fourth-order valence-electron chi connectivity index (χ4n) is 4.07. The van der Waals surface area contributed by atoms with Gasteiger partial charge >= 0.3 is 17.9 Å². The van der Waals surface area contributed by atoms with E-state index in [0.29, 0.717) is 0 Å². The summed E-state index contributed by atoms with van der Waals surface area (Å²) in [7, 11) is 0. The molecular formula is C22H24F2N8O6. The van der Waals surface area contributed by atoms with Gasteiger partial charge in [0.25, 0.3) is 0 Å². The highest BCUT2D eigenvalue weighted by atomic mass is 19.1. The fraction of sp³-hybridized carbons (Fsp3) is 0.318. The van der Waals surface area contributed by atoms with Gasteiger partial charge in [-0.05, 0) is 12.8 Å². The summed E-state index contributed by atoms with van der Waals surface area (Å²) in [6.45, 7) is 3.76. The summed E-state index contributed by atoms with van der Waals surface area (Å²) in [5.74, 6) is 2.47. The molecule has 38 heavy (non-hydrogen) atoms. The summed E-state index contributed by atoms with van der Waals surface area (Å²) >= 11 is 0. The maximum atomic E-state index is 15.2. The molecule has 4 rings (SSSR count). The van der Waals surface area contributed by atoms with Crippen LogP contribution in [0.5, 0.6) is 0 Å². The Kier molecular flexibility index (Phi) is 7.82. The number of ether oxygens (including phenoxy) is 1. The summed E-state index contributed by atoms with van der Waals surface area (Å²) in [6.07, 6.45) is 1.37. The number of furan rings is 1. The number of carbonyl (C=O) groups excluding carboxylic acids is 2. The molecule has 0 radical (unpaired) electrons. The Labute approximate surface area is 214 Å². The molecule has 2 aliphatic rings. The molecule has 0 saturated carbocycles. The second-order valence-electron chi connectivity index (χ2n) is 8.30. The monoisotopic (exact) mass is 534 g/mol. The SMILES string of the molecule is C=N/C=C\N(N)C[C@H]1CN(c2cc(F)c(N3CCNN(C(=O)c4ccc([N+](=O)[O-])o4)CC3)c(F)c2)C(=O)O1. The Morgan fingerprint density at radius 3 is 2.71 bits per heavy atom. The number of hydrogen-bond donors (Lipinski definition) is 2. The van der Waals surface area contributed by atoms with Gasteiger partial charge in [-0.1, -0.05) is 0 Å². The van der Waals surface area contributed by atoms with Crippen molar-refractivity contribution >= 4 is 36.0 Å². The Morgan fingerprint density at radius 2 is 2.05 bits per heavy atom. The smallest absolute Gasteiger partial charge is 0.433 e. The number of hydrazine groups is 2. The van der Waals surface area contributed by atoms with Crippen molar-refractivity contribution in [2.45, 2.75) is 6.10 Å². The van der Waals surface area contributed by atoms with E-state index >= 15 is 8.78 Å². The minimum Gasteiger partial charge on any atom is -0.442 e. The number of nitrogens with zero attached hydrogens (tertiary/aromatic N) is 6. The van der Waals surface area contributed by atoms with Crippen molar-refractivity contribution < 1.29 is 32.4 Å². The Hall–Kier alpha value is -4.57. The lowest BCUT2D eigenvalue weighted by Crippen LogP contribution is -2.43. The highest BCUT2D eigenvalue weighted by molar-refractivity contribution is 5.91. The Bertz CT molecular complexity index is 1250. The van der Waals surface area contributed by atoms with Gasteiger partial charge < -0.3 is 19.1 Å². The summed E-state index contributed by atoms with van der Waals surface area (Å²) in [5.41, 5.74) is 2.48. The van der Waals surface area contributed by atoms with Gasteiger partial charge in [0.15, 0.2) is 11.6 Å². The minimum atomic E-state index is -0.905. The van der Waals surface area contributed by atoms with Gasteiger partial charge in [-0.25, -0.2) is 24.8 Å². The number of rotatable bonds is 8. The van der Waals surface area contributed by atoms with Crippen LogP contribution in [-0.2, 0) is 4.74 Å². The van der Waals surface area contributed by atoms with Gasteiger partial charge in [-0.15, -0.1) is 0 Å². The number of amides is 2. The minimum absolute atomic E-state index is 0.000494. The lowest BCUT2D eigenvalue weighted by atomic mass is 10.2. The number of nitro groups is 1. The van der Waals surface area contributed by atoms with Gasteiger partial charge in [0, 0.05) is 44.2 Å². The van der Waals surface area contributed by atoms with Crippen molar-refractivity contribution in [3.8, 4) is 0 Å². The molecule has 2 aromatic rings. The highest BCUT2D eigenvalue weighted by Gasteiger charge is 2.34. The molecule has 202 valence electrons. The van der Waals surface area contributed by atoms with Crippen LogP contribution in [0.25, 0.3) is 0 Å². The number of benzene rings is 1. The average molecular weight is 534 g/mol. The average Bonchev–Trinajstić information content (AvgIpc) is 3.43. The predicted octanol–water partition coefficient (Wildman–Crippen LogP) is 1.61. The zero-order valence-corrected chi connectivity index (χ0v) is 20.0. The normalized spacial score (nSPS) is 18.0. The van der Waals surface area contributed by atoms with Crippen LogP contribution >= 0.6 is 0 Å². The quantitative estimate of drug-likeness (QED) is 0.220. The van der Waals surface area contributed by atoms with E-state index in [9.17, 15) is 19.7 Å². The zero-order chi connectivity index (χ0) is 27.4. The molecular weight excluding hydrogens is 510 g/mol. The van der Waals surface area contributed by atoms with Crippen molar-refractivity contribution in [3.05, 3.63) is 64.2 Å². The molecule has 2 fully saturated rings. The molecule has 0 unspecified atom stereocenters. The van der Waals surface area contributed by atoms with E-state index in [-0.39, 0.29) is 56.4 Å². The van der Waals surface area contributed by atoms with Crippen molar-refractivity contribution in [2.75, 3.05) is 49.1 Å². The van der Waals surface area contributed by atoms with Gasteiger partial charge in [0.2, 0.25) is 5.76 Å². The van der Waals surface area contributed by atoms with Crippen LogP contribution in [0.1, 0.15) is 10.6 Å². The predicted molar refractivity (Wildman–Crippen MR) is 130 cm³/mol. The highest BCUT2D eigenvalue weighted by Crippen LogP contribution is 2.31. The van der Waals surface area contributed by atoms with E-state index < -0.39 is 40.5 Å². The zero-order valence-electron chi connectivity index (χ0n) is 20.0. The number of carbonyl (C=O) groups is 2. The van der Waals surface area contributed by atoms with E-state index in [4.69, 9.17) is 15.0 Å². The summed E-state index contributed by atoms with van der Waals surface area (Å²) in [4.78, 5) is 41.1. The number of hydrogen-bond acceptors (Lipinski definition) is 11. The van der Waals surface area contributed by atoms with E-state index in [1.165, 1.54) is 28.4 Å². The van der Waals surface area contributed by atoms with Crippen LogP contribution < -0.4 is 21.1 Å². The van der Waals surface area contributed by atoms with Crippen LogP contribution in [0.4, 0.5) is 30.8 Å². The van der Waals surface area contributed by atoms with Gasteiger partial charge in [0.1, 0.15) is 16.7 Å². The molecule has 0 spiro atoms. The number of nitrogens with one attached hydrogen (secondary N) is 1. The first kappa shape index (κ1) is 26.5. The van der Waals surface area contributed by atoms with Crippen molar-refractivity contribution in [1.29, 1.82) is 0 Å². The van der Waals surface area contributed by atoms with Gasteiger partial charge in [0.05, 0.1) is 31.4 Å². The summed E-state index contributed by atoms with van der Waals surface area (Å²) in [5, 5.41) is 13.2. The lowest BCUT2D eigenvalue weighted by molar-refractivity contribution is -0.402. The van der Waals surface area contributed by atoms with E-state index in [1.54, 1.807) is 0 Å². The van der Waals surface area contributed by atoms with Crippen LogP contribution in [0.3, 0.4) is 0 Å². The number of anilines is 2. The standard InChI is InChI=1S/C22H24F2N8O6/c1-26-4-7-29(25)12-15-13-30(22(34)37-15)14-10-16(23)20(17(24)11-14)28-6-5-27-31(9-8-28)21(33)18-2-3-19(38-18)32(35)36/h2-4,7,10-11,15,27H,1,5-6,8-9,12-13,25H2/b7-4-/t15-/m0/s1. The van der Waals surface area contributed by atoms with Crippen molar-refractivity contribution in [3.63, 3.8) is 0 Å². The first-order valence-electron chi connectivity index (χ1n) is 11.3. The molecule has 2 aliphatic heterocycles. The molecule has 1 atom stereocenters. The number of aliphatic imine (C=N–C) groups is 1. The first-order chi connectivity index (χ1) is 18.2. The molecule has 0 bridgehead atoms. The third-order valence-corrected chi connectivity index (χ3v) is 5.79. The van der Waals surface area contributed by atoms with Crippen molar-refractivity contribution in [2.24, 2.45) is 10.8 Å². The van der Waals surface area contributed by atoms with E-state index in [1.807, 2.05) is 0 Å². The topological polar surface area (TPSA) is 163 Å². The van der Waals surface area contributed by atoms with Crippen LogP contribution in [-0.4, -0.2) is 79.0 Å². The largest absolute Gasteiger partial charge is 0.442 e. The lowest BCUT2D eigenvalue weighted by Gasteiger charge is -2.25. The first-order valence-corrected chi connectivity index (χ1v) is 11.3. The van der Waals surface area contributed by atoms with Crippen LogP contribution in [0, 0.1) is 21.7 Å². The summed E-state index contributed by atoms with van der Waals surface area (Å²) < 4.78 is 40.5. The molecule has 2 amide bonds. The second kappa shape index (κ2) is 11.2. The molecule has 3 N–H and O–H groups in total. The maximum absolute atomic E-state index is 15.2. The van der Waals surface area contributed by atoms with Crippen LogP contribution in [0.2, 0.25) is 0 Å². The van der Waals surface area contributed by atoms with Crippen molar-refractivity contribution in [1.82, 2.24) is 15.4 Å². The molecule has 16 heteroatoms. The van der Waals surface area contributed by atoms with E-state index in [2.05, 4.69) is 17.1 Å². The molecule has 3 heterocycles. The second-order valence-corrected chi connectivity index (χ2v) is 8.30. The number of cyclic esters (lactones) is 1. The molecule has 0 aliphatic carbocycles. The fourth-order valence-corrected chi connectivity index (χ4v) is 4.07. The Balaban J connectivity index is 1.43. The third-order valence-electron chi connectivity index (χ3n) is 5.79. The molecule has 2 saturated heterocycles.